The van der Waals surface area contributed by atoms with Crippen LogP contribution in [0.15, 0.2) is 0 Å². The van der Waals surface area contributed by atoms with Crippen LogP contribution in [0.1, 0.15) is 71.1 Å². The molecule has 0 unspecified atom stereocenters. The van der Waals surface area contributed by atoms with Gasteiger partial charge in [0.2, 0.25) is 10.4 Å². The summed E-state index contributed by atoms with van der Waals surface area (Å²) in [6.45, 7) is 2.24. The Balaban J connectivity index is -0.000000250. The van der Waals surface area contributed by atoms with Crippen LogP contribution in [0.5, 0.6) is 0 Å². The normalized spacial score (nSPS) is 10.9. The molecule has 0 heterocycles. The molecule has 0 aromatic carbocycles. The first kappa shape index (κ1) is 33.6. The van der Waals surface area contributed by atoms with Crippen LogP contribution in [0.25, 0.3) is 0 Å². The van der Waals surface area contributed by atoms with E-state index < -0.39 is 18.2 Å². The minimum Gasteiger partial charge on any atom is -0.756 e. The van der Waals surface area contributed by atoms with Gasteiger partial charge in [0.15, 0.2) is 0 Å². The zero-order valence-corrected chi connectivity index (χ0v) is 20.7. The second kappa shape index (κ2) is 21.3. The standard InChI is InChI=1S/C12H26O4S.2Na.H3O4P/c1-2-3-4-5-6-7-8-9-10-11-12-16-17(13,14)15;;;1-5(2,3)4/h2-12H2,1H3,(H,13,14,15);;;(H3,1,2,3,4)/q;2*+1;/p-2. The molecule has 0 aliphatic carbocycles. The fourth-order valence-electron chi connectivity index (χ4n) is 1.75. The van der Waals surface area contributed by atoms with E-state index in [0.29, 0.717) is 6.42 Å². The predicted molar refractivity (Wildman–Crippen MR) is 79.5 cm³/mol. The Morgan fingerprint density at radius 3 is 1.46 bits per heavy atom. The molecule has 0 radical (unpaired) electrons. The molecule has 136 valence electrons. The summed E-state index contributed by atoms with van der Waals surface area (Å²) in [5, 5.41) is 0. The minimum atomic E-state index is -4.89. The smallest absolute Gasteiger partial charge is 0.756 e. The third-order valence-electron chi connectivity index (χ3n) is 2.73. The SMILES string of the molecule is CCCCCCCCCCCCOS(=O)(=O)[O-].O=P([O-])(O)O.[Na+].[Na+]. The maximum absolute atomic E-state index is 10.1. The molecule has 0 bridgehead atoms. The summed E-state index contributed by atoms with van der Waals surface area (Å²) < 4.78 is 43.2. The molecular formula is C12H27Na2O8PS. The summed E-state index contributed by atoms with van der Waals surface area (Å²) in [7, 11) is -9.37. The zero-order chi connectivity index (χ0) is 17.5. The molecule has 0 aliphatic heterocycles. The van der Waals surface area contributed by atoms with E-state index in [1.54, 1.807) is 0 Å². The first-order chi connectivity index (χ1) is 10.1. The molecule has 2 N–H and O–H groups in total. The van der Waals surface area contributed by atoms with Crippen LogP contribution >= 0.6 is 7.82 Å². The van der Waals surface area contributed by atoms with Gasteiger partial charge in [0.25, 0.3) is 7.82 Å². The number of hydrogen-bond donors (Lipinski definition) is 2. The number of unbranched alkanes of at least 4 members (excludes halogenated alkanes) is 9. The van der Waals surface area contributed by atoms with Crippen LogP contribution < -0.4 is 64.0 Å². The Kier molecular flexibility index (Phi) is 29.8. The monoisotopic (exact) mass is 408 g/mol. The average molecular weight is 408 g/mol. The van der Waals surface area contributed by atoms with Crippen molar-refractivity contribution >= 4 is 18.2 Å². The van der Waals surface area contributed by atoms with Gasteiger partial charge >= 0.3 is 59.1 Å². The molecular weight excluding hydrogens is 381 g/mol. The second-order valence-corrected chi connectivity index (χ2v) is 6.94. The van der Waals surface area contributed by atoms with Gasteiger partial charge in [0, 0.05) is 0 Å². The molecule has 0 rings (SSSR count). The summed E-state index contributed by atoms with van der Waals surface area (Å²) in [5.74, 6) is 0. The molecule has 0 aromatic rings. The molecule has 12 heteroatoms. The molecule has 0 fully saturated rings. The van der Waals surface area contributed by atoms with Gasteiger partial charge in [-0.3, -0.25) is 8.75 Å². The summed E-state index contributed by atoms with van der Waals surface area (Å²) in [5.41, 5.74) is 0. The number of phosphoric acid groups is 1. The van der Waals surface area contributed by atoms with Gasteiger partial charge in [-0.05, 0) is 6.42 Å². The van der Waals surface area contributed by atoms with Gasteiger partial charge in [-0.2, -0.15) is 0 Å². The van der Waals surface area contributed by atoms with E-state index in [2.05, 4.69) is 11.1 Å². The Hall–Kier alpha value is 1.98. The van der Waals surface area contributed by atoms with E-state index >= 15 is 0 Å². The minimum absolute atomic E-state index is 0. The number of hydrogen-bond acceptors (Lipinski definition) is 6. The van der Waals surface area contributed by atoms with Crippen molar-refractivity contribution in [3.05, 3.63) is 0 Å². The van der Waals surface area contributed by atoms with Crippen molar-refractivity contribution in [2.24, 2.45) is 0 Å². The molecule has 24 heavy (non-hydrogen) atoms. The van der Waals surface area contributed by atoms with Crippen LogP contribution in [0, 0.1) is 0 Å². The van der Waals surface area contributed by atoms with Gasteiger partial charge in [-0.25, -0.2) is 8.42 Å². The quantitative estimate of drug-likeness (QED) is 0.109. The molecule has 0 amide bonds. The molecule has 0 aromatic heterocycles. The number of rotatable bonds is 12. The van der Waals surface area contributed by atoms with Crippen molar-refractivity contribution in [1.29, 1.82) is 0 Å². The van der Waals surface area contributed by atoms with Crippen molar-refractivity contribution in [2.75, 3.05) is 6.61 Å². The van der Waals surface area contributed by atoms with E-state index in [-0.39, 0.29) is 65.7 Å². The topological polar surface area (TPSA) is 147 Å². The zero-order valence-electron chi connectivity index (χ0n) is 15.0. The van der Waals surface area contributed by atoms with Crippen molar-refractivity contribution in [1.82, 2.24) is 0 Å². The largest absolute Gasteiger partial charge is 1.00 e. The second-order valence-electron chi connectivity index (χ2n) is 4.90. The van der Waals surface area contributed by atoms with E-state index in [0.717, 1.165) is 12.8 Å². The third kappa shape index (κ3) is 49.6. The first-order valence-electron chi connectivity index (χ1n) is 7.43. The van der Waals surface area contributed by atoms with Crippen molar-refractivity contribution in [3.8, 4) is 0 Å². The van der Waals surface area contributed by atoms with Gasteiger partial charge in [-0.15, -0.1) is 0 Å². The van der Waals surface area contributed by atoms with Crippen molar-refractivity contribution < 1.29 is 95.5 Å². The molecule has 0 aliphatic rings. The van der Waals surface area contributed by atoms with E-state index in [1.165, 1.54) is 44.9 Å². The molecule has 0 atom stereocenters. The Labute approximate surface area is 189 Å². The van der Waals surface area contributed by atoms with Gasteiger partial charge in [0.05, 0.1) is 6.61 Å². The fraction of sp³-hybridized carbons (Fsp3) is 1.00. The van der Waals surface area contributed by atoms with Crippen LogP contribution in [0.2, 0.25) is 0 Å². The first-order valence-corrected chi connectivity index (χ1v) is 10.3. The van der Waals surface area contributed by atoms with Crippen LogP contribution in [0.4, 0.5) is 0 Å². The summed E-state index contributed by atoms with van der Waals surface area (Å²) in [6.07, 6.45) is 11.7. The van der Waals surface area contributed by atoms with Crippen LogP contribution in [0.3, 0.4) is 0 Å². The molecule has 8 nitrogen and oxygen atoms in total. The van der Waals surface area contributed by atoms with Gasteiger partial charge < -0.3 is 19.2 Å². The van der Waals surface area contributed by atoms with Crippen LogP contribution in [-0.4, -0.2) is 29.4 Å². The van der Waals surface area contributed by atoms with Crippen molar-refractivity contribution in [2.45, 2.75) is 71.1 Å². The molecule has 0 spiro atoms. The predicted octanol–water partition coefficient (Wildman–Crippen LogP) is -4.17. The average Bonchev–Trinajstić information content (AvgIpc) is 2.32. The van der Waals surface area contributed by atoms with Gasteiger partial charge in [0.1, 0.15) is 0 Å². The van der Waals surface area contributed by atoms with Gasteiger partial charge in [-0.1, -0.05) is 64.7 Å². The van der Waals surface area contributed by atoms with E-state index in [4.69, 9.17) is 19.2 Å². The molecule has 0 saturated heterocycles. The Morgan fingerprint density at radius 2 is 1.17 bits per heavy atom. The molecule has 0 saturated carbocycles. The Morgan fingerprint density at radius 1 is 0.875 bits per heavy atom. The van der Waals surface area contributed by atoms with Crippen molar-refractivity contribution in [3.63, 3.8) is 0 Å². The summed E-state index contributed by atoms with van der Waals surface area (Å²) >= 11 is 0. The Bertz CT molecular complexity index is 380. The van der Waals surface area contributed by atoms with Crippen LogP contribution in [-0.2, 0) is 19.1 Å². The third-order valence-corrected chi connectivity index (χ3v) is 3.18. The van der Waals surface area contributed by atoms with E-state index in [9.17, 15) is 13.0 Å². The summed E-state index contributed by atoms with van der Waals surface area (Å²) in [6, 6.07) is 0. The maximum Gasteiger partial charge on any atom is 1.00 e. The maximum atomic E-state index is 10.1. The van der Waals surface area contributed by atoms with E-state index in [1.807, 2.05) is 0 Å². The fourth-order valence-corrected chi connectivity index (χ4v) is 2.07. The summed E-state index contributed by atoms with van der Waals surface area (Å²) in [4.78, 5) is 22.9.